The highest BCUT2D eigenvalue weighted by molar-refractivity contribution is 4.77. The van der Waals surface area contributed by atoms with Gasteiger partial charge in [0.05, 0.1) is 6.17 Å². The summed E-state index contributed by atoms with van der Waals surface area (Å²) in [5, 5.41) is 7.00. The minimum Gasteiger partial charge on any atom is -0.302 e. The molecule has 0 aromatic heterocycles. The molecule has 0 saturated carbocycles. The fourth-order valence-corrected chi connectivity index (χ4v) is 1.94. The second-order valence-electron chi connectivity index (χ2n) is 5.35. The summed E-state index contributed by atoms with van der Waals surface area (Å²) < 4.78 is 0. The molecule has 0 aromatic carbocycles. The second kappa shape index (κ2) is 13.1. The van der Waals surface area contributed by atoms with E-state index in [4.69, 9.17) is 0 Å². The third-order valence-corrected chi connectivity index (χ3v) is 3.52. The molecule has 2 heteroatoms. The van der Waals surface area contributed by atoms with E-state index >= 15 is 0 Å². The molecule has 0 heterocycles. The van der Waals surface area contributed by atoms with Crippen molar-refractivity contribution < 1.29 is 0 Å². The van der Waals surface area contributed by atoms with E-state index in [-0.39, 0.29) is 0 Å². The predicted octanol–water partition coefficient (Wildman–Crippen LogP) is 4.08. The molecule has 2 nitrogen and oxygen atoms in total. The standard InChI is InChI=1S/C16H34N2/c1-5-7-10-13-17-16(4)18-14-11-8-9-12-15(3)6-2/h5,7,15-18H,6,8-14H2,1-4H3/b7-5-. The Morgan fingerprint density at radius 3 is 2.39 bits per heavy atom. The Balaban J connectivity index is 3.22. The first-order valence-electron chi connectivity index (χ1n) is 7.78. The third-order valence-electron chi connectivity index (χ3n) is 3.52. The van der Waals surface area contributed by atoms with Gasteiger partial charge in [0.15, 0.2) is 0 Å². The summed E-state index contributed by atoms with van der Waals surface area (Å²) in [6.07, 6.45) is 12.6. The highest BCUT2D eigenvalue weighted by Crippen LogP contribution is 2.11. The Labute approximate surface area is 115 Å². The maximum absolute atomic E-state index is 3.53. The van der Waals surface area contributed by atoms with E-state index < -0.39 is 0 Å². The predicted molar refractivity (Wildman–Crippen MR) is 82.8 cm³/mol. The van der Waals surface area contributed by atoms with Crippen LogP contribution in [-0.2, 0) is 0 Å². The Morgan fingerprint density at radius 2 is 1.72 bits per heavy atom. The van der Waals surface area contributed by atoms with Crippen LogP contribution in [0, 0.1) is 5.92 Å². The molecular weight excluding hydrogens is 220 g/mol. The van der Waals surface area contributed by atoms with Crippen molar-refractivity contribution in [2.24, 2.45) is 5.92 Å². The fraction of sp³-hybridized carbons (Fsp3) is 0.875. The lowest BCUT2D eigenvalue weighted by Gasteiger charge is -2.15. The number of nitrogens with one attached hydrogen (secondary N) is 2. The van der Waals surface area contributed by atoms with E-state index in [1.54, 1.807) is 0 Å². The topological polar surface area (TPSA) is 24.1 Å². The zero-order chi connectivity index (χ0) is 13.6. The van der Waals surface area contributed by atoms with Crippen molar-refractivity contribution in [2.45, 2.75) is 72.4 Å². The Bertz CT molecular complexity index is 190. The van der Waals surface area contributed by atoms with Crippen molar-refractivity contribution in [3.05, 3.63) is 12.2 Å². The van der Waals surface area contributed by atoms with Gasteiger partial charge in [-0.2, -0.15) is 0 Å². The van der Waals surface area contributed by atoms with Gasteiger partial charge in [0.1, 0.15) is 0 Å². The van der Waals surface area contributed by atoms with Crippen LogP contribution in [-0.4, -0.2) is 19.3 Å². The van der Waals surface area contributed by atoms with E-state index in [2.05, 4.69) is 50.5 Å². The van der Waals surface area contributed by atoms with Gasteiger partial charge >= 0.3 is 0 Å². The Kier molecular flexibility index (Phi) is 12.9. The minimum atomic E-state index is 0.435. The van der Waals surface area contributed by atoms with Crippen LogP contribution in [0.5, 0.6) is 0 Å². The molecule has 0 rings (SSSR count). The molecule has 0 fully saturated rings. The van der Waals surface area contributed by atoms with Gasteiger partial charge in [0, 0.05) is 6.54 Å². The second-order valence-corrected chi connectivity index (χ2v) is 5.35. The molecule has 0 bridgehead atoms. The van der Waals surface area contributed by atoms with Crippen LogP contribution in [0.4, 0.5) is 0 Å². The molecule has 0 aromatic rings. The normalized spacial score (nSPS) is 15.1. The molecule has 18 heavy (non-hydrogen) atoms. The SMILES string of the molecule is C/C=C\CCNC(C)NCCCCCC(C)CC. The van der Waals surface area contributed by atoms with Crippen LogP contribution < -0.4 is 10.6 Å². The summed E-state index contributed by atoms with van der Waals surface area (Å²) in [7, 11) is 0. The molecule has 0 aliphatic heterocycles. The van der Waals surface area contributed by atoms with Gasteiger partial charge in [-0.05, 0) is 39.2 Å². The number of allylic oxidation sites excluding steroid dienone is 1. The van der Waals surface area contributed by atoms with Crippen LogP contribution in [0.15, 0.2) is 12.2 Å². The highest BCUT2D eigenvalue weighted by Gasteiger charge is 2.00. The molecule has 0 aliphatic carbocycles. The van der Waals surface area contributed by atoms with Crippen LogP contribution in [0.25, 0.3) is 0 Å². The fourth-order valence-electron chi connectivity index (χ4n) is 1.94. The minimum absolute atomic E-state index is 0.435. The van der Waals surface area contributed by atoms with Gasteiger partial charge in [-0.3, -0.25) is 0 Å². The number of hydrogen-bond acceptors (Lipinski definition) is 2. The van der Waals surface area contributed by atoms with Gasteiger partial charge in [0.25, 0.3) is 0 Å². The van der Waals surface area contributed by atoms with E-state index in [0.717, 1.165) is 25.4 Å². The summed E-state index contributed by atoms with van der Waals surface area (Å²) in [6.45, 7) is 11.1. The molecule has 0 saturated heterocycles. The number of hydrogen-bond donors (Lipinski definition) is 2. The zero-order valence-electron chi connectivity index (χ0n) is 13.0. The third kappa shape index (κ3) is 12.1. The molecule has 0 amide bonds. The van der Waals surface area contributed by atoms with Crippen LogP contribution in [0.3, 0.4) is 0 Å². The Hall–Kier alpha value is -0.340. The molecule has 2 N–H and O–H groups in total. The average molecular weight is 254 g/mol. The van der Waals surface area contributed by atoms with Gasteiger partial charge in [-0.1, -0.05) is 51.7 Å². The average Bonchev–Trinajstić information content (AvgIpc) is 2.38. The lowest BCUT2D eigenvalue weighted by atomic mass is 10.0. The summed E-state index contributed by atoms with van der Waals surface area (Å²) >= 11 is 0. The van der Waals surface area contributed by atoms with E-state index in [0.29, 0.717) is 6.17 Å². The summed E-state index contributed by atoms with van der Waals surface area (Å²) in [6, 6.07) is 0. The molecule has 2 atom stereocenters. The lowest BCUT2D eigenvalue weighted by molar-refractivity contribution is 0.435. The van der Waals surface area contributed by atoms with Crippen LogP contribution in [0.1, 0.15) is 66.2 Å². The summed E-state index contributed by atoms with van der Waals surface area (Å²) in [5.74, 6) is 0.908. The Morgan fingerprint density at radius 1 is 1.00 bits per heavy atom. The molecule has 0 aliphatic rings. The zero-order valence-corrected chi connectivity index (χ0v) is 13.0. The number of rotatable bonds is 12. The first kappa shape index (κ1) is 17.7. The van der Waals surface area contributed by atoms with E-state index in [9.17, 15) is 0 Å². The number of unbranched alkanes of at least 4 members (excludes halogenated alkanes) is 2. The van der Waals surface area contributed by atoms with Gasteiger partial charge in [-0.15, -0.1) is 0 Å². The van der Waals surface area contributed by atoms with Crippen molar-refractivity contribution in [1.82, 2.24) is 10.6 Å². The maximum atomic E-state index is 3.53. The van der Waals surface area contributed by atoms with Crippen molar-refractivity contribution in [2.75, 3.05) is 13.1 Å². The van der Waals surface area contributed by atoms with Gasteiger partial charge < -0.3 is 10.6 Å². The van der Waals surface area contributed by atoms with E-state index in [1.165, 1.54) is 32.1 Å². The van der Waals surface area contributed by atoms with E-state index in [1.807, 2.05) is 0 Å². The largest absolute Gasteiger partial charge is 0.302 e. The molecule has 2 unspecified atom stereocenters. The van der Waals surface area contributed by atoms with Crippen molar-refractivity contribution in [1.29, 1.82) is 0 Å². The first-order chi connectivity index (χ1) is 8.70. The van der Waals surface area contributed by atoms with Gasteiger partial charge in [-0.25, -0.2) is 0 Å². The molecular formula is C16H34N2. The summed E-state index contributed by atoms with van der Waals surface area (Å²) in [4.78, 5) is 0. The van der Waals surface area contributed by atoms with Crippen LogP contribution in [0.2, 0.25) is 0 Å². The maximum Gasteiger partial charge on any atom is 0.0542 e. The van der Waals surface area contributed by atoms with Crippen molar-refractivity contribution in [3.8, 4) is 0 Å². The lowest BCUT2D eigenvalue weighted by Crippen LogP contribution is -2.40. The first-order valence-corrected chi connectivity index (χ1v) is 7.78. The molecule has 0 radical (unpaired) electrons. The molecule has 0 spiro atoms. The molecule has 108 valence electrons. The van der Waals surface area contributed by atoms with Crippen LogP contribution >= 0.6 is 0 Å². The van der Waals surface area contributed by atoms with Crippen molar-refractivity contribution in [3.63, 3.8) is 0 Å². The highest BCUT2D eigenvalue weighted by atomic mass is 15.1. The van der Waals surface area contributed by atoms with Gasteiger partial charge in [0.2, 0.25) is 0 Å². The quantitative estimate of drug-likeness (QED) is 0.311. The smallest absolute Gasteiger partial charge is 0.0542 e. The summed E-state index contributed by atoms with van der Waals surface area (Å²) in [5.41, 5.74) is 0. The monoisotopic (exact) mass is 254 g/mol. The van der Waals surface area contributed by atoms with Crippen molar-refractivity contribution >= 4 is 0 Å².